The maximum atomic E-state index is 11.5. The van der Waals surface area contributed by atoms with E-state index < -0.39 is 0 Å². The third kappa shape index (κ3) is 4.16. The normalized spacial score (nSPS) is 16.9. The van der Waals surface area contributed by atoms with Gasteiger partial charge in [0.1, 0.15) is 5.82 Å². The Hall–Kier alpha value is -1.40. The Morgan fingerprint density at radius 3 is 3.06 bits per heavy atom. The summed E-state index contributed by atoms with van der Waals surface area (Å²) in [7, 11) is 0. The largest absolute Gasteiger partial charge is 0.379 e. The molecule has 1 fully saturated rings. The predicted octanol–water partition coefficient (Wildman–Crippen LogP) is 0.461. The van der Waals surface area contributed by atoms with Gasteiger partial charge < -0.3 is 10.1 Å². The molecule has 6 heteroatoms. The Balaban J connectivity index is 1.59. The number of nitrogens with zero attached hydrogens (tertiary/aromatic N) is 2. The molecular weight excluding hydrogens is 220 g/mol. The molecule has 0 aliphatic carbocycles. The fraction of sp³-hybridized carbons (Fsp3) is 0.636. The minimum Gasteiger partial charge on any atom is -0.379 e. The number of nitrogens with one attached hydrogen (secondary N) is 2. The highest BCUT2D eigenvalue weighted by atomic mass is 16.5. The molecule has 0 unspecified atom stereocenters. The number of rotatable bonds is 5. The third-order valence-corrected chi connectivity index (χ3v) is 2.76. The third-order valence-electron chi connectivity index (χ3n) is 2.76. The topological polar surface area (TPSA) is 70.2 Å². The van der Waals surface area contributed by atoms with Gasteiger partial charge in [0.15, 0.2) is 0 Å². The number of carbonyl (C=O) groups excluding carboxylic acids is 1. The van der Waals surface area contributed by atoms with Crippen molar-refractivity contribution in [1.29, 1.82) is 0 Å². The number of aromatic nitrogens is 2. The minimum absolute atomic E-state index is 0.0301. The van der Waals surface area contributed by atoms with Crippen LogP contribution in [-0.4, -0.2) is 53.9 Å². The molecule has 0 atom stereocenters. The van der Waals surface area contributed by atoms with E-state index in [1.54, 1.807) is 12.3 Å². The number of hydrogen-bond acceptors (Lipinski definition) is 4. The first-order valence-electron chi connectivity index (χ1n) is 5.94. The van der Waals surface area contributed by atoms with Gasteiger partial charge in [-0.05, 0) is 13.0 Å². The summed E-state index contributed by atoms with van der Waals surface area (Å²) in [6, 6.07) is 1.74. The molecule has 2 N–H and O–H groups in total. The van der Waals surface area contributed by atoms with E-state index in [-0.39, 0.29) is 5.91 Å². The summed E-state index contributed by atoms with van der Waals surface area (Å²) in [6.07, 6.45) is 3.03. The van der Waals surface area contributed by atoms with Crippen LogP contribution in [0.25, 0.3) is 0 Å². The van der Waals surface area contributed by atoms with E-state index in [4.69, 9.17) is 4.74 Å². The molecule has 0 bridgehead atoms. The number of anilines is 1. The first-order chi connectivity index (χ1) is 8.34. The van der Waals surface area contributed by atoms with Crippen LogP contribution in [0.2, 0.25) is 0 Å². The molecule has 1 amide bonds. The van der Waals surface area contributed by atoms with Crippen LogP contribution in [0, 0.1) is 0 Å². The molecule has 2 heterocycles. The molecule has 1 aliphatic rings. The SMILES string of the molecule is O=C(CCCN1CCOCC1)Nc1ccn[nH]1. The summed E-state index contributed by atoms with van der Waals surface area (Å²) in [5, 5.41) is 9.23. The van der Waals surface area contributed by atoms with Crippen LogP contribution in [-0.2, 0) is 9.53 Å². The zero-order valence-corrected chi connectivity index (χ0v) is 9.82. The molecule has 94 valence electrons. The van der Waals surface area contributed by atoms with Crippen LogP contribution in [0.1, 0.15) is 12.8 Å². The highest BCUT2D eigenvalue weighted by Crippen LogP contribution is 2.03. The number of ether oxygens (including phenoxy) is 1. The molecule has 0 saturated carbocycles. The van der Waals surface area contributed by atoms with E-state index in [0.29, 0.717) is 12.2 Å². The van der Waals surface area contributed by atoms with Crippen molar-refractivity contribution in [2.75, 3.05) is 38.2 Å². The molecule has 1 aromatic rings. The van der Waals surface area contributed by atoms with Crippen molar-refractivity contribution in [3.05, 3.63) is 12.3 Å². The fourth-order valence-corrected chi connectivity index (χ4v) is 1.83. The second-order valence-electron chi connectivity index (χ2n) is 4.08. The molecule has 2 rings (SSSR count). The zero-order chi connectivity index (χ0) is 11.9. The van der Waals surface area contributed by atoms with Crippen molar-refractivity contribution in [2.45, 2.75) is 12.8 Å². The minimum atomic E-state index is 0.0301. The van der Waals surface area contributed by atoms with Gasteiger partial charge in [0.25, 0.3) is 0 Å². The molecule has 1 saturated heterocycles. The van der Waals surface area contributed by atoms with Crippen molar-refractivity contribution in [3.8, 4) is 0 Å². The zero-order valence-electron chi connectivity index (χ0n) is 9.82. The summed E-state index contributed by atoms with van der Waals surface area (Å²) >= 11 is 0. The van der Waals surface area contributed by atoms with E-state index in [1.807, 2.05) is 0 Å². The molecule has 1 aliphatic heterocycles. The van der Waals surface area contributed by atoms with Crippen LogP contribution in [0.4, 0.5) is 5.82 Å². The molecule has 1 aromatic heterocycles. The van der Waals surface area contributed by atoms with Gasteiger partial charge in [0.05, 0.1) is 19.4 Å². The maximum absolute atomic E-state index is 11.5. The fourth-order valence-electron chi connectivity index (χ4n) is 1.83. The number of amides is 1. The van der Waals surface area contributed by atoms with Gasteiger partial charge in [-0.25, -0.2) is 0 Å². The lowest BCUT2D eigenvalue weighted by atomic mass is 10.2. The Morgan fingerprint density at radius 1 is 1.53 bits per heavy atom. The molecule has 0 aromatic carbocycles. The van der Waals surface area contributed by atoms with Crippen molar-refractivity contribution in [3.63, 3.8) is 0 Å². The second-order valence-corrected chi connectivity index (χ2v) is 4.08. The number of aromatic amines is 1. The Morgan fingerprint density at radius 2 is 2.35 bits per heavy atom. The van der Waals surface area contributed by atoms with Crippen molar-refractivity contribution in [2.24, 2.45) is 0 Å². The standard InChI is InChI=1S/C11H18N4O2/c16-11(13-10-3-4-12-14-10)2-1-5-15-6-8-17-9-7-15/h3-4H,1-2,5-9H2,(H2,12,13,14,16). The Bertz CT molecular complexity index is 333. The van der Waals surface area contributed by atoms with Crippen molar-refractivity contribution in [1.82, 2.24) is 15.1 Å². The van der Waals surface area contributed by atoms with E-state index >= 15 is 0 Å². The van der Waals surface area contributed by atoms with Crippen LogP contribution < -0.4 is 5.32 Å². The monoisotopic (exact) mass is 238 g/mol. The number of hydrogen-bond donors (Lipinski definition) is 2. The van der Waals surface area contributed by atoms with Crippen LogP contribution >= 0.6 is 0 Å². The summed E-state index contributed by atoms with van der Waals surface area (Å²) < 4.78 is 5.27. The van der Waals surface area contributed by atoms with Gasteiger partial charge in [0.2, 0.25) is 5.91 Å². The van der Waals surface area contributed by atoms with E-state index in [0.717, 1.165) is 39.3 Å². The van der Waals surface area contributed by atoms with E-state index in [1.165, 1.54) is 0 Å². The van der Waals surface area contributed by atoms with E-state index in [2.05, 4.69) is 20.4 Å². The molecule has 17 heavy (non-hydrogen) atoms. The van der Waals surface area contributed by atoms with Crippen molar-refractivity contribution < 1.29 is 9.53 Å². The van der Waals surface area contributed by atoms with Gasteiger partial charge in [-0.1, -0.05) is 0 Å². The lowest BCUT2D eigenvalue weighted by Crippen LogP contribution is -2.37. The summed E-state index contributed by atoms with van der Waals surface area (Å²) in [4.78, 5) is 13.9. The Kier molecular flexibility index (Phi) is 4.52. The van der Waals surface area contributed by atoms with Crippen LogP contribution in [0.15, 0.2) is 12.3 Å². The van der Waals surface area contributed by atoms with E-state index in [9.17, 15) is 4.79 Å². The van der Waals surface area contributed by atoms with Crippen LogP contribution in [0.3, 0.4) is 0 Å². The highest BCUT2D eigenvalue weighted by Gasteiger charge is 2.10. The molecule has 6 nitrogen and oxygen atoms in total. The maximum Gasteiger partial charge on any atom is 0.225 e. The quantitative estimate of drug-likeness (QED) is 0.782. The molecular formula is C11H18N4O2. The molecule has 0 radical (unpaired) electrons. The first kappa shape index (κ1) is 12.1. The van der Waals surface area contributed by atoms with Crippen LogP contribution in [0.5, 0.6) is 0 Å². The number of H-pyrrole nitrogens is 1. The Labute approximate surface area is 100 Å². The second kappa shape index (κ2) is 6.36. The molecule has 0 spiro atoms. The highest BCUT2D eigenvalue weighted by molar-refractivity contribution is 5.89. The van der Waals surface area contributed by atoms with Gasteiger partial charge in [-0.15, -0.1) is 0 Å². The van der Waals surface area contributed by atoms with Gasteiger partial charge >= 0.3 is 0 Å². The summed E-state index contributed by atoms with van der Waals surface area (Å²) in [5.74, 6) is 0.684. The average molecular weight is 238 g/mol. The number of carbonyl (C=O) groups is 1. The summed E-state index contributed by atoms with van der Waals surface area (Å²) in [5.41, 5.74) is 0. The smallest absolute Gasteiger partial charge is 0.225 e. The lowest BCUT2D eigenvalue weighted by Gasteiger charge is -2.26. The first-order valence-corrected chi connectivity index (χ1v) is 5.94. The van der Waals surface area contributed by atoms with Gasteiger partial charge in [-0.2, -0.15) is 5.10 Å². The van der Waals surface area contributed by atoms with Crippen molar-refractivity contribution >= 4 is 11.7 Å². The van der Waals surface area contributed by atoms with Gasteiger partial charge in [0, 0.05) is 25.6 Å². The van der Waals surface area contributed by atoms with Gasteiger partial charge in [-0.3, -0.25) is 14.8 Å². The predicted molar refractivity (Wildman–Crippen MR) is 63.7 cm³/mol. The summed E-state index contributed by atoms with van der Waals surface area (Å²) in [6.45, 7) is 4.52. The number of morpholine rings is 1. The average Bonchev–Trinajstić information content (AvgIpc) is 2.83. The lowest BCUT2D eigenvalue weighted by molar-refractivity contribution is -0.116.